The molecule has 0 radical (unpaired) electrons. The summed E-state index contributed by atoms with van der Waals surface area (Å²) in [7, 11) is 0. The van der Waals surface area contributed by atoms with Crippen molar-refractivity contribution in [1.29, 1.82) is 0 Å². The molecule has 0 aromatic carbocycles. The number of fused-ring (bicyclic) bond motifs is 1. The van der Waals surface area contributed by atoms with E-state index in [4.69, 9.17) is 0 Å². The van der Waals surface area contributed by atoms with Crippen LogP contribution in [0.3, 0.4) is 0 Å². The van der Waals surface area contributed by atoms with Gasteiger partial charge in [-0.3, -0.25) is 18.6 Å². The van der Waals surface area contributed by atoms with Crippen molar-refractivity contribution in [2.45, 2.75) is 20.4 Å². The van der Waals surface area contributed by atoms with Crippen molar-refractivity contribution in [3.8, 4) is 5.82 Å². The minimum absolute atomic E-state index is 0.0253. The monoisotopic (exact) mass is 380 g/mol. The number of carbonyl (C=O) groups excluding carboxylic acids is 1. The average molecular weight is 380 g/mol. The van der Waals surface area contributed by atoms with E-state index in [1.807, 2.05) is 19.9 Å². The van der Waals surface area contributed by atoms with Gasteiger partial charge in [0.05, 0.1) is 0 Å². The summed E-state index contributed by atoms with van der Waals surface area (Å²) in [5, 5.41) is 2.78. The van der Waals surface area contributed by atoms with Crippen molar-refractivity contribution in [2.24, 2.45) is 0 Å². The van der Waals surface area contributed by atoms with E-state index in [2.05, 4.69) is 20.3 Å². The maximum Gasteiger partial charge on any atom is 0.271 e. The van der Waals surface area contributed by atoms with Crippen LogP contribution in [0.25, 0.3) is 10.8 Å². The highest BCUT2D eigenvalue weighted by atomic mass is 32.1. The number of rotatable bonds is 4. The van der Waals surface area contributed by atoms with Gasteiger partial charge in [-0.05, 0) is 31.5 Å². The van der Waals surface area contributed by atoms with Gasteiger partial charge in [0.1, 0.15) is 17.7 Å². The summed E-state index contributed by atoms with van der Waals surface area (Å²) < 4.78 is 3.26. The molecule has 4 aromatic heterocycles. The Morgan fingerprint density at radius 2 is 2.11 bits per heavy atom. The minimum Gasteiger partial charge on any atom is -0.348 e. The zero-order valence-corrected chi connectivity index (χ0v) is 15.5. The lowest BCUT2D eigenvalue weighted by molar-refractivity contribution is 0.0949. The molecule has 1 N–H and O–H groups in total. The highest BCUT2D eigenvalue weighted by molar-refractivity contribution is 7.17. The van der Waals surface area contributed by atoms with Crippen LogP contribution in [0.4, 0.5) is 0 Å². The van der Waals surface area contributed by atoms with Crippen LogP contribution in [-0.2, 0) is 6.54 Å². The Bertz CT molecular complexity index is 1190. The van der Waals surface area contributed by atoms with Gasteiger partial charge in [-0.25, -0.2) is 15.0 Å². The van der Waals surface area contributed by atoms with Gasteiger partial charge in [0.2, 0.25) is 0 Å². The van der Waals surface area contributed by atoms with Gasteiger partial charge in [0.25, 0.3) is 11.5 Å². The molecule has 4 rings (SSSR count). The second-order valence-electron chi connectivity index (χ2n) is 6.01. The maximum absolute atomic E-state index is 12.7. The zero-order valence-electron chi connectivity index (χ0n) is 14.7. The van der Waals surface area contributed by atoms with Crippen LogP contribution in [-0.4, -0.2) is 29.8 Å². The quantitative estimate of drug-likeness (QED) is 0.583. The number of aryl methyl sites for hydroxylation is 2. The molecule has 0 saturated heterocycles. The van der Waals surface area contributed by atoms with Gasteiger partial charge in [-0.1, -0.05) is 0 Å². The van der Waals surface area contributed by atoms with Gasteiger partial charge >= 0.3 is 0 Å². The van der Waals surface area contributed by atoms with E-state index in [1.165, 1.54) is 21.9 Å². The highest BCUT2D eigenvalue weighted by Gasteiger charge is 2.16. The number of aromatic nitrogens is 5. The first-order valence-corrected chi connectivity index (χ1v) is 9.05. The van der Waals surface area contributed by atoms with Gasteiger partial charge in [0, 0.05) is 41.9 Å². The number of nitrogens with zero attached hydrogens (tertiary/aromatic N) is 5. The van der Waals surface area contributed by atoms with E-state index in [-0.39, 0.29) is 17.7 Å². The highest BCUT2D eigenvalue weighted by Crippen LogP contribution is 2.18. The van der Waals surface area contributed by atoms with E-state index >= 15 is 0 Å². The fraction of sp³-hybridized carbons (Fsp3) is 0.167. The van der Waals surface area contributed by atoms with Crippen molar-refractivity contribution in [2.75, 3.05) is 0 Å². The Labute approximate surface area is 158 Å². The second kappa shape index (κ2) is 6.76. The van der Waals surface area contributed by atoms with Crippen molar-refractivity contribution >= 4 is 22.2 Å². The lowest BCUT2D eigenvalue weighted by atomic mass is 10.2. The molecule has 0 saturated carbocycles. The molecule has 0 fully saturated rings. The largest absolute Gasteiger partial charge is 0.348 e. The lowest BCUT2D eigenvalue weighted by Crippen LogP contribution is -2.31. The third kappa shape index (κ3) is 3.13. The molecule has 0 aliphatic carbocycles. The van der Waals surface area contributed by atoms with Crippen LogP contribution in [0.1, 0.15) is 26.5 Å². The predicted molar refractivity (Wildman–Crippen MR) is 101 cm³/mol. The van der Waals surface area contributed by atoms with Gasteiger partial charge in [0.15, 0.2) is 4.96 Å². The van der Waals surface area contributed by atoms with E-state index in [9.17, 15) is 9.59 Å². The van der Waals surface area contributed by atoms with Crippen LogP contribution in [0.2, 0.25) is 0 Å². The topological polar surface area (TPSA) is 94.2 Å². The van der Waals surface area contributed by atoms with Crippen molar-refractivity contribution in [3.63, 3.8) is 0 Å². The van der Waals surface area contributed by atoms with Crippen LogP contribution < -0.4 is 10.9 Å². The average Bonchev–Trinajstić information content (AvgIpc) is 3.30. The van der Waals surface area contributed by atoms with Gasteiger partial charge in [-0.15, -0.1) is 11.3 Å². The lowest BCUT2D eigenvalue weighted by Gasteiger charge is -2.07. The number of hydrogen-bond acceptors (Lipinski definition) is 6. The predicted octanol–water partition coefficient (Wildman–Crippen LogP) is 1.88. The fourth-order valence-electron chi connectivity index (χ4n) is 2.72. The zero-order chi connectivity index (χ0) is 19.0. The van der Waals surface area contributed by atoms with Crippen molar-refractivity contribution < 1.29 is 4.79 Å². The summed E-state index contributed by atoms with van der Waals surface area (Å²) >= 11 is 1.43. The Hall–Kier alpha value is -3.33. The number of pyridine rings is 1. The summed E-state index contributed by atoms with van der Waals surface area (Å²) in [4.78, 5) is 39.3. The van der Waals surface area contributed by atoms with E-state index in [0.717, 1.165) is 16.1 Å². The number of hydrogen-bond donors (Lipinski definition) is 1. The molecule has 4 heterocycles. The third-order valence-corrected chi connectivity index (χ3v) is 5.37. The molecule has 8 nitrogen and oxygen atoms in total. The first-order valence-electron chi connectivity index (χ1n) is 8.24. The van der Waals surface area contributed by atoms with Crippen LogP contribution >= 0.6 is 11.3 Å². The molecule has 9 heteroatoms. The summed E-state index contributed by atoms with van der Waals surface area (Å²) in [6.07, 6.45) is 8.11. The molecular formula is C18H16N6O2S. The van der Waals surface area contributed by atoms with Crippen molar-refractivity contribution in [1.82, 2.24) is 29.2 Å². The van der Waals surface area contributed by atoms with E-state index in [1.54, 1.807) is 35.6 Å². The van der Waals surface area contributed by atoms with E-state index < -0.39 is 5.91 Å². The van der Waals surface area contributed by atoms with Gasteiger partial charge in [-0.2, -0.15) is 0 Å². The molecule has 4 aromatic rings. The van der Waals surface area contributed by atoms with Crippen LogP contribution in [0.15, 0.2) is 48.0 Å². The molecule has 1 amide bonds. The number of nitrogens with one attached hydrogen (secondary N) is 1. The number of carbonyl (C=O) groups is 1. The Balaban J connectivity index is 1.56. The summed E-state index contributed by atoms with van der Waals surface area (Å²) in [5.41, 5.74) is 1.34. The second-order valence-corrected chi connectivity index (χ2v) is 7.20. The molecule has 0 atom stereocenters. The minimum atomic E-state index is -0.453. The Kier molecular flexibility index (Phi) is 4.28. The molecule has 0 unspecified atom stereocenters. The summed E-state index contributed by atoms with van der Waals surface area (Å²) in [6.45, 7) is 4.04. The van der Waals surface area contributed by atoms with Crippen LogP contribution in [0, 0.1) is 13.8 Å². The SMILES string of the molecule is Cc1sc2ncc(C(=O)NCc3ccnc(-n4ccnc4)c3)c(=O)n2c1C. The normalized spacial score (nSPS) is 11.0. The fourth-order valence-corrected chi connectivity index (χ4v) is 3.65. The van der Waals surface area contributed by atoms with Crippen molar-refractivity contribution in [3.05, 3.63) is 75.3 Å². The van der Waals surface area contributed by atoms with Crippen LogP contribution in [0.5, 0.6) is 0 Å². The molecule has 0 aliphatic rings. The first kappa shape index (κ1) is 17.1. The third-order valence-electron chi connectivity index (χ3n) is 4.29. The number of amides is 1. The Morgan fingerprint density at radius 3 is 2.89 bits per heavy atom. The summed E-state index contributed by atoms with van der Waals surface area (Å²) in [5.74, 6) is 0.248. The first-order chi connectivity index (χ1) is 13.0. The number of imidazole rings is 1. The standard InChI is InChI=1S/C18H16N6O2S/c1-11-12(2)27-18-22-9-14(17(26)24(11)18)16(25)21-8-13-3-4-20-15(7-13)23-6-5-19-10-23/h3-7,9-10H,8H2,1-2H3,(H,21,25). The molecule has 136 valence electrons. The molecule has 27 heavy (non-hydrogen) atoms. The molecular weight excluding hydrogens is 364 g/mol. The summed E-state index contributed by atoms with van der Waals surface area (Å²) in [6, 6.07) is 3.66. The number of thiazole rings is 1. The maximum atomic E-state index is 12.7. The molecule has 0 bridgehead atoms. The van der Waals surface area contributed by atoms with E-state index in [0.29, 0.717) is 10.8 Å². The van der Waals surface area contributed by atoms with Gasteiger partial charge < -0.3 is 5.32 Å². The molecule has 0 aliphatic heterocycles. The smallest absolute Gasteiger partial charge is 0.271 e. The Morgan fingerprint density at radius 1 is 1.26 bits per heavy atom. The molecule has 0 spiro atoms.